The molecular formula is C27H19NO2. The molecule has 30 heavy (non-hydrogen) atoms. The fraction of sp³-hybridized carbons (Fsp3) is 0.0370. The first-order valence-electron chi connectivity index (χ1n) is 9.88. The van der Waals surface area contributed by atoms with E-state index in [9.17, 15) is 9.59 Å². The molecule has 3 nitrogen and oxygen atoms in total. The van der Waals surface area contributed by atoms with Crippen molar-refractivity contribution in [3.63, 3.8) is 0 Å². The van der Waals surface area contributed by atoms with Crippen molar-refractivity contribution in [3.05, 3.63) is 114 Å². The molecule has 0 atom stereocenters. The molecule has 0 aliphatic carbocycles. The Bertz CT molecular complexity index is 1430. The Morgan fingerprint density at radius 3 is 2.10 bits per heavy atom. The molecule has 0 unspecified atom stereocenters. The Morgan fingerprint density at radius 1 is 0.633 bits per heavy atom. The summed E-state index contributed by atoms with van der Waals surface area (Å²) in [6, 6.07) is 31.0. The normalized spacial score (nSPS) is 11.1. The largest absolute Gasteiger partial charge is 0.309 e. The lowest BCUT2D eigenvalue weighted by Gasteiger charge is -2.08. The number of aromatic nitrogens is 1. The van der Waals surface area contributed by atoms with Gasteiger partial charge >= 0.3 is 0 Å². The second kappa shape index (κ2) is 7.12. The van der Waals surface area contributed by atoms with Gasteiger partial charge in [-0.05, 0) is 48.9 Å². The summed E-state index contributed by atoms with van der Waals surface area (Å²) in [5.74, 6) is -0.956. The van der Waals surface area contributed by atoms with Crippen LogP contribution in [0, 0.1) is 6.92 Å². The van der Waals surface area contributed by atoms with Gasteiger partial charge in [0.15, 0.2) is 0 Å². The number of Topliss-reactive ketones (excluding diaryl/α,β-unsaturated/α-hetero) is 2. The molecule has 0 radical (unpaired) electrons. The summed E-state index contributed by atoms with van der Waals surface area (Å²) in [6.45, 7) is 1.84. The minimum atomic E-state index is -0.484. The summed E-state index contributed by atoms with van der Waals surface area (Å²) in [5, 5.41) is 2.01. The minimum Gasteiger partial charge on any atom is -0.309 e. The van der Waals surface area contributed by atoms with Crippen LogP contribution in [0.1, 0.15) is 26.3 Å². The van der Waals surface area contributed by atoms with Gasteiger partial charge in [-0.3, -0.25) is 9.59 Å². The third-order valence-corrected chi connectivity index (χ3v) is 5.55. The molecule has 0 aliphatic rings. The molecule has 0 fully saturated rings. The van der Waals surface area contributed by atoms with E-state index in [1.165, 1.54) is 0 Å². The molecule has 5 rings (SSSR count). The standard InChI is InChI=1S/C27H19NO2/c1-18-9-5-6-12-21(18)27(30)26(29)19-15-16-25-23(17-19)22-13-7-8-14-24(22)28(25)20-10-3-2-4-11-20/h2-17H,1H3. The van der Waals surface area contributed by atoms with E-state index in [-0.39, 0.29) is 0 Å². The Balaban J connectivity index is 1.69. The number of aryl methyl sites for hydroxylation is 1. The molecule has 4 aromatic carbocycles. The van der Waals surface area contributed by atoms with Gasteiger partial charge in [0.05, 0.1) is 11.0 Å². The zero-order valence-corrected chi connectivity index (χ0v) is 16.5. The van der Waals surface area contributed by atoms with Gasteiger partial charge in [-0.2, -0.15) is 0 Å². The van der Waals surface area contributed by atoms with Crippen molar-refractivity contribution in [2.75, 3.05) is 0 Å². The van der Waals surface area contributed by atoms with Crippen LogP contribution >= 0.6 is 0 Å². The van der Waals surface area contributed by atoms with Gasteiger partial charge in [-0.25, -0.2) is 0 Å². The Morgan fingerprint density at radius 2 is 1.30 bits per heavy atom. The lowest BCUT2D eigenvalue weighted by Crippen LogP contribution is -2.15. The quantitative estimate of drug-likeness (QED) is 0.273. The monoisotopic (exact) mass is 389 g/mol. The minimum absolute atomic E-state index is 0.409. The number of hydrogen-bond donors (Lipinski definition) is 0. The molecule has 0 N–H and O–H groups in total. The van der Waals surface area contributed by atoms with Crippen LogP contribution in [-0.4, -0.2) is 16.1 Å². The number of fused-ring (bicyclic) bond motifs is 3. The molecule has 0 spiro atoms. The van der Waals surface area contributed by atoms with Gasteiger partial charge in [0, 0.05) is 27.6 Å². The first kappa shape index (κ1) is 18.1. The highest BCUT2D eigenvalue weighted by Crippen LogP contribution is 2.32. The van der Waals surface area contributed by atoms with Crippen LogP contribution < -0.4 is 0 Å². The van der Waals surface area contributed by atoms with Gasteiger partial charge in [-0.1, -0.05) is 60.7 Å². The first-order chi connectivity index (χ1) is 14.6. The average molecular weight is 389 g/mol. The molecule has 0 saturated carbocycles. The molecule has 144 valence electrons. The predicted molar refractivity (Wildman–Crippen MR) is 121 cm³/mol. The highest BCUT2D eigenvalue weighted by molar-refractivity contribution is 6.49. The molecule has 0 bridgehead atoms. The maximum Gasteiger partial charge on any atom is 0.233 e. The number of carbonyl (C=O) groups is 2. The number of para-hydroxylation sites is 2. The number of nitrogens with zero attached hydrogens (tertiary/aromatic N) is 1. The SMILES string of the molecule is Cc1ccccc1C(=O)C(=O)c1ccc2c(c1)c1ccccc1n2-c1ccccc1. The first-order valence-corrected chi connectivity index (χ1v) is 9.88. The van der Waals surface area contributed by atoms with Gasteiger partial charge in [0.2, 0.25) is 11.6 Å². The van der Waals surface area contributed by atoms with Gasteiger partial charge in [0.1, 0.15) is 0 Å². The molecule has 0 saturated heterocycles. The van der Waals surface area contributed by atoms with Crippen LogP contribution in [0.3, 0.4) is 0 Å². The number of ketones is 2. The van der Waals surface area contributed by atoms with Crippen molar-refractivity contribution in [1.82, 2.24) is 4.57 Å². The molecule has 3 heteroatoms. The Kier molecular flexibility index (Phi) is 4.29. The van der Waals surface area contributed by atoms with Crippen molar-refractivity contribution in [3.8, 4) is 5.69 Å². The third-order valence-electron chi connectivity index (χ3n) is 5.55. The fourth-order valence-corrected chi connectivity index (χ4v) is 4.05. The Labute approximate surface area is 174 Å². The fourth-order valence-electron chi connectivity index (χ4n) is 4.05. The smallest absolute Gasteiger partial charge is 0.233 e. The van der Waals surface area contributed by atoms with Gasteiger partial charge in [0.25, 0.3) is 0 Å². The van der Waals surface area contributed by atoms with Crippen molar-refractivity contribution in [2.45, 2.75) is 6.92 Å². The maximum absolute atomic E-state index is 13.0. The molecule has 0 aliphatic heterocycles. The highest BCUT2D eigenvalue weighted by Gasteiger charge is 2.21. The van der Waals surface area contributed by atoms with Crippen LogP contribution in [0.15, 0.2) is 97.1 Å². The van der Waals surface area contributed by atoms with Crippen LogP contribution in [0.4, 0.5) is 0 Å². The highest BCUT2D eigenvalue weighted by atomic mass is 16.2. The lowest BCUT2D eigenvalue weighted by atomic mass is 9.97. The number of benzene rings is 4. The van der Waals surface area contributed by atoms with Crippen molar-refractivity contribution in [1.29, 1.82) is 0 Å². The topological polar surface area (TPSA) is 39.1 Å². The summed E-state index contributed by atoms with van der Waals surface area (Å²) in [6.07, 6.45) is 0. The van der Waals surface area contributed by atoms with Crippen LogP contribution in [0.5, 0.6) is 0 Å². The summed E-state index contributed by atoms with van der Waals surface area (Å²) in [5.41, 5.74) is 4.79. The maximum atomic E-state index is 13.0. The Hall–Kier alpha value is -3.98. The van der Waals surface area contributed by atoms with Crippen molar-refractivity contribution in [2.24, 2.45) is 0 Å². The zero-order chi connectivity index (χ0) is 20.7. The zero-order valence-electron chi connectivity index (χ0n) is 16.5. The summed E-state index contributed by atoms with van der Waals surface area (Å²) in [7, 11) is 0. The summed E-state index contributed by atoms with van der Waals surface area (Å²) >= 11 is 0. The second-order valence-electron chi connectivity index (χ2n) is 7.39. The van der Waals surface area contributed by atoms with E-state index in [1.54, 1.807) is 18.2 Å². The average Bonchev–Trinajstić information content (AvgIpc) is 3.13. The van der Waals surface area contributed by atoms with Crippen LogP contribution in [0.25, 0.3) is 27.5 Å². The lowest BCUT2D eigenvalue weighted by molar-refractivity contribution is 0.0816. The summed E-state index contributed by atoms with van der Waals surface area (Å²) < 4.78 is 2.18. The summed E-state index contributed by atoms with van der Waals surface area (Å²) in [4.78, 5) is 25.8. The molecular weight excluding hydrogens is 370 g/mol. The van der Waals surface area contributed by atoms with Gasteiger partial charge in [-0.15, -0.1) is 0 Å². The van der Waals surface area contributed by atoms with Crippen molar-refractivity contribution >= 4 is 33.4 Å². The number of carbonyl (C=O) groups excluding carboxylic acids is 2. The van der Waals surface area contributed by atoms with E-state index in [0.717, 1.165) is 33.1 Å². The van der Waals surface area contributed by atoms with E-state index >= 15 is 0 Å². The van der Waals surface area contributed by atoms with Crippen LogP contribution in [-0.2, 0) is 0 Å². The molecule has 5 aromatic rings. The van der Waals surface area contributed by atoms with E-state index < -0.39 is 11.6 Å². The van der Waals surface area contributed by atoms with E-state index in [4.69, 9.17) is 0 Å². The molecule has 1 heterocycles. The third kappa shape index (κ3) is 2.83. The van der Waals surface area contributed by atoms with Gasteiger partial charge < -0.3 is 4.57 Å². The van der Waals surface area contributed by atoms with E-state index in [2.05, 4.69) is 28.8 Å². The number of rotatable bonds is 4. The molecule has 1 aromatic heterocycles. The second-order valence-corrected chi connectivity index (χ2v) is 7.39. The van der Waals surface area contributed by atoms with E-state index in [1.807, 2.05) is 61.5 Å². The van der Waals surface area contributed by atoms with E-state index in [0.29, 0.717) is 11.1 Å². The molecule has 0 amide bonds. The number of hydrogen-bond acceptors (Lipinski definition) is 2. The van der Waals surface area contributed by atoms with Crippen molar-refractivity contribution < 1.29 is 9.59 Å². The van der Waals surface area contributed by atoms with Crippen LogP contribution in [0.2, 0.25) is 0 Å². The predicted octanol–water partition coefficient (Wildman–Crippen LogP) is 6.16.